The van der Waals surface area contributed by atoms with Gasteiger partial charge in [-0.15, -0.1) is 0 Å². The number of carbonyl (C=O) groups is 3. The van der Waals surface area contributed by atoms with Crippen molar-refractivity contribution < 1.29 is 23.9 Å². The van der Waals surface area contributed by atoms with Crippen molar-refractivity contribution in [2.24, 2.45) is 0 Å². The molecule has 0 saturated carbocycles. The van der Waals surface area contributed by atoms with Gasteiger partial charge in [0.2, 0.25) is 0 Å². The fraction of sp³-hybridized carbons (Fsp3) is 0.115. The van der Waals surface area contributed by atoms with Crippen molar-refractivity contribution in [3.8, 4) is 11.5 Å². The number of hydrogen-bond acceptors (Lipinski definition) is 5. The fourth-order valence-electron chi connectivity index (χ4n) is 3.49. The summed E-state index contributed by atoms with van der Waals surface area (Å²) in [5.41, 5.74) is 1.35. The number of ether oxygens (including phenoxy) is 2. The maximum atomic E-state index is 13.2. The maximum Gasteiger partial charge on any atom is 0.335 e. The molecule has 0 aromatic heterocycles. The largest absolute Gasteiger partial charge is 0.490 e. The zero-order valence-corrected chi connectivity index (χ0v) is 22.0. The number of nitrogens with zero attached hydrogens (tertiary/aromatic N) is 1. The first-order chi connectivity index (χ1) is 17.3. The first kappa shape index (κ1) is 25.8. The van der Waals surface area contributed by atoms with Crippen LogP contribution < -0.4 is 19.7 Å². The second kappa shape index (κ2) is 11.2. The minimum absolute atomic E-state index is 0.206. The molecule has 0 radical (unpaired) electrons. The summed E-state index contributed by atoms with van der Waals surface area (Å²) in [6.07, 6.45) is 1.39. The molecule has 7 nitrogen and oxygen atoms in total. The first-order valence-corrected chi connectivity index (χ1v) is 12.3. The van der Waals surface area contributed by atoms with Crippen molar-refractivity contribution >= 4 is 68.7 Å². The van der Waals surface area contributed by atoms with Crippen LogP contribution in [0.15, 0.2) is 70.7 Å². The van der Waals surface area contributed by atoms with Gasteiger partial charge in [0, 0.05) is 15.6 Å². The summed E-state index contributed by atoms with van der Waals surface area (Å²) in [6, 6.07) is 15.9. The number of urea groups is 1. The van der Waals surface area contributed by atoms with Gasteiger partial charge >= 0.3 is 6.03 Å². The fourth-order valence-corrected chi connectivity index (χ4v) is 4.38. The van der Waals surface area contributed by atoms with Crippen molar-refractivity contribution in [2.75, 3.05) is 11.5 Å². The van der Waals surface area contributed by atoms with Crippen LogP contribution in [0.4, 0.5) is 10.5 Å². The number of imide groups is 2. The molecule has 0 unspecified atom stereocenters. The van der Waals surface area contributed by atoms with Gasteiger partial charge in [0.25, 0.3) is 11.8 Å². The Bertz CT molecular complexity index is 1380. The molecule has 0 bridgehead atoms. The van der Waals surface area contributed by atoms with Gasteiger partial charge in [-0.1, -0.05) is 41.4 Å². The van der Waals surface area contributed by atoms with E-state index in [1.165, 1.54) is 18.2 Å². The topological polar surface area (TPSA) is 84.9 Å². The normalized spacial score (nSPS) is 14.7. The number of barbiturate groups is 1. The monoisotopic (exact) mass is 588 g/mol. The van der Waals surface area contributed by atoms with Crippen LogP contribution in [-0.2, 0) is 16.2 Å². The van der Waals surface area contributed by atoms with E-state index in [9.17, 15) is 14.4 Å². The molecule has 4 amide bonds. The van der Waals surface area contributed by atoms with E-state index in [1.54, 1.807) is 30.3 Å². The molecular formula is C26H19BrCl2N2O5. The van der Waals surface area contributed by atoms with Gasteiger partial charge in [0.15, 0.2) is 11.5 Å². The van der Waals surface area contributed by atoms with Gasteiger partial charge in [-0.25, -0.2) is 9.69 Å². The second-order valence-electron chi connectivity index (χ2n) is 7.58. The van der Waals surface area contributed by atoms with Gasteiger partial charge in [-0.2, -0.15) is 0 Å². The summed E-state index contributed by atoms with van der Waals surface area (Å²) in [4.78, 5) is 39.0. The van der Waals surface area contributed by atoms with Crippen LogP contribution in [0.25, 0.3) is 6.08 Å². The number of halogens is 3. The van der Waals surface area contributed by atoms with Gasteiger partial charge in [0.05, 0.1) is 16.8 Å². The van der Waals surface area contributed by atoms with Gasteiger partial charge in [-0.05, 0) is 77.0 Å². The quantitative estimate of drug-likeness (QED) is 0.255. The Morgan fingerprint density at radius 3 is 2.42 bits per heavy atom. The third-order valence-corrected chi connectivity index (χ3v) is 6.37. The minimum atomic E-state index is -0.844. The second-order valence-corrected chi connectivity index (χ2v) is 9.28. The predicted molar refractivity (Wildman–Crippen MR) is 142 cm³/mol. The van der Waals surface area contributed by atoms with Gasteiger partial charge < -0.3 is 9.47 Å². The average Bonchev–Trinajstić information content (AvgIpc) is 2.83. The maximum absolute atomic E-state index is 13.2. The van der Waals surface area contributed by atoms with Gasteiger partial charge in [-0.3, -0.25) is 14.9 Å². The third kappa shape index (κ3) is 5.56. The lowest BCUT2D eigenvalue weighted by atomic mass is 10.1. The van der Waals surface area contributed by atoms with E-state index in [2.05, 4.69) is 21.2 Å². The molecule has 1 N–H and O–H groups in total. The van der Waals surface area contributed by atoms with E-state index in [1.807, 2.05) is 25.1 Å². The third-order valence-electron chi connectivity index (χ3n) is 5.16. The molecule has 4 rings (SSSR count). The zero-order chi connectivity index (χ0) is 25.8. The number of nitrogens with one attached hydrogen (secondary N) is 1. The van der Waals surface area contributed by atoms with Crippen LogP contribution in [-0.4, -0.2) is 24.5 Å². The minimum Gasteiger partial charge on any atom is -0.490 e. The van der Waals surface area contributed by atoms with Crippen LogP contribution in [0.5, 0.6) is 11.5 Å². The summed E-state index contributed by atoms with van der Waals surface area (Å²) in [5, 5.41) is 3.22. The van der Waals surface area contributed by atoms with Crippen molar-refractivity contribution in [1.29, 1.82) is 0 Å². The molecule has 1 aliphatic rings. The highest BCUT2D eigenvalue weighted by Gasteiger charge is 2.36. The number of amides is 4. The number of anilines is 1. The molecule has 1 aliphatic heterocycles. The lowest BCUT2D eigenvalue weighted by molar-refractivity contribution is -0.122. The molecule has 184 valence electrons. The Hall–Kier alpha value is -3.33. The number of hydrogen-bond donors (Lipinski definition) is 1. The van der Waals surface area contributed by atoms with Crippen LogP contribution in [0.1, 0.15) is 18.1 Å². The Labute approximate surface area is 225 Å². The standard InChI is InChI=1S/C26H19BrCl2N2O5/c1-2-35-22-13-15(12-20(27)23(22)36-14-16-5-3-4-6-21(16)29)11-19-24(32)30-26(34)31(25(19)33)18-9-7-17(28)8-10-18/h3-13H,2,14H2,1H3,(H,30,32,34)/b19-11-. The van der Waals surface area contributed by atoms with E-state index >= 15 is 0 Å². The number of rotatable bonds is 7. The van der Waals surface area contributed by atoms with E-state index in [-0.39, 0.29) is 17.9 Å². The molecule has 1 saturated heterocycles. The number of benzene rings is 3. The van der Waals surface area contributed by atoms with Gasteiger partial charge in [0.1, 0.15) is 12.2 Å². The molecule has 0 spiro atoms. The summed E-state index contributed by atoms with van der Waals surface area (Å²) in [5.74, 6) is -0.723. The summed E-state index contributed by atoms with van der Waals surface area (Å²) in [6.45, 7) is 2.38. The Morgan fingerprint density at radius 1 is 1.00 bits per heavy atom. The molecule has 3 aromatic rings. The van der Waals surface area contributed by atoms with Crippen LogP contribution in [0.3, 0.4) is 0 Å². The summed E-state index contributed by atoms with van der Waals surface area (Å²) in [7, 11) is 0. The van der Waals surface area contributed by atoms with Crippen LogP contribution >= 0.6 is 39.1 Å². The van der Waals surface area contributed by atoms with Crippen LogP contribution in [0, 0.1) is 0 Å². The summed E-state index contributed by atoms with van der Waals surface area (Å²) < 4.78 is 12.3. The summed E-state index contributed by atoms with van der Waals surface area (Å²) >= 11 is 15.6. The van der Waals surface area contributed by atoms with Crippen molar-refractivity contribution in [1.82, 2.24) is 5.32 Å². The highest BCUT2D eigenvalue weighted by molar-refractivity contribution is 9.10. The molecule has 1 fully saturated rings. The Morgan fingerprint density at radius 2 is 1.72 bits per heavy atom. The molecular weight excluding hydrogens is 571 g/mol. The lowest BCUT2D eigenvalue weighted by Gasteiger charge is -2.26. The molecule has 36 heavy (non-hydrogen) atoms. The molecule has 10 heteroatoms. The van der Waals surface area contributed by atoms with E-state index in [0.29, 0.717) is 38.2 Å². The predicted octanol–water partition coefficient (Wildman–Crippen LogP) is 6.40. The lowest BCUT2D eigenvalue weighted by Crippen LogP contribution is -2.54. The molecule has 1 heterocycles. The number of carbonyl (C=O) groups excluding carboxylic acids is 3. The molecule has 3 aromatic carbocycles. The highest BCUT2D eigenvalue weighted by Crippen LogP contribution is 2.38. The molecule has 0 atom stereocenters. The van der Waals surface area contributed by atoms with Crippen molar-refractivity contribution in [3.63, 3.8) is 0 Å². The van der Waals surface area contributed by atoms with Crippen molar-refractivity contribution in [2.45, 2.75) is 13.5 Å². The smallest absolute Gasteiger partial charge is 0.335 e. The Balaban J connectivity index is 1.66. The van der Waals surface area contributed by atoms with E-state index in [0.717, 1.165) is 10.5 Å². The average molecular weight is 590 g/mol. The van der Waals surface area contributed by atoms with E-state index < -0.39 is 17.8 Å². The van der Waals surface area contributed by atoms with Crippen molar-refractivity contribution in [3.05, 3.63) is 91.9 Å². The molecule has 0 aliphatic carbocycles. The van der Waals surface area contributed by atoms with Crippen LogP contribution in [0.2, 0.25) is 10.0 Å². The SMILES string of the molecule is CCOc1cc(/C=C2/C(=O)NC(=O)N(c3ccc(Cl)cc3)C2=O)cc(Br)c1OCc1ccccc1Cl. The van der Waals surface area contributed by atoms with E-state index in [4.69, 9.17) is 32.7 Å². The highest BCUT2D eigenvalue weighted by atomic mass is 79.9. The first-order valence-electron chi connectivity index (χ1n) is 10.8. The Kier molecular flexibility index (Phi) is 7.98. The zero-order valence-electron chi connectivity index (χ0n) is 18.9.